The maximum Gasteiger partial charge on any atom is 0.257 e. The van der Waals surface area contributed by atoms with E-state index in [0.717, 1.165) is 12.8 Å². The van der Waals surface area contributed by atoms with E-state index < -0.39 is 0 Å². The van der Waals surface area contributed by atoms with Gasteiger partial charge in [0.05, 0.1) is 18.6 Å². The summed E-state index contributed by atoms with van der Waals surface area (Å²) in [6, 6.07) is 7.17. The Labute approximate surface area is 118 Å². The van der Waals surface area contributed by atoms with Crippen LogP contribution in [0.4, 0.5) is 0 Å². The van der Waals surface area contributed by atoms with Gasteiger partial charge >= 0.3 is 0 Å². The van der Waals surface area contributed by atoms with Crippen molar-refractivity contribution in [2.45, 2.75) is 12.8 Å². The van der Waals surface area contributed by atoms with Crippen molar-refractivity contribution in [3.8, 4) is 5.75 Å². The van der Waals surface area contributed by atoms with E-state index >= 15 is 0 Å². The van der Waals surface area contributed by atoms with Crippen molar-refractivity contribution in [2.75, 3.05) is 27.2 Å². The third-order valence-corrected chi connectivity index (χ3v) is 3.66. The number of hydrogen-bond acceptors (Lipinski definition) is 3. The van der Waals surface area contributed by atoms with Gasteiger partial charge in [0, 0.05) is 20.1 Å². The van der Waals surface area contributed by atoms with Gasteiger partial charge in [0.1, 0.15) is 5.75 Å². The Hall–Kier alpha value is -2.04. The zero-order valence-corrected chi connectivity index (χ0v) is 11.9. The van der Waals surface area contributed by atoms with Gasteiger partial charge in [0.2, 0.25) is 5.91 Å². The standard InChI is InChI=1S/C15H20N2O3/c1-16-14(18)11-6-5-9-17(10-11)15(19)12-7-3-4-8-13(12)20-2/h3-4,7-8,11H,5-6,9-10H2,1-2H3,(H,16,18). The van der Waals surface area contributed by atoms with E-state index in [0.29, 0.717) is 24.4 Å². The van der Waals surface area contributed by atoms with Crippen molar-refractivity contribution >= 4 is 11.8 Å². The van der Waals surface area contributed by atoms with Crippen molar-refractivity contribution in [1.82, 2.24) is 10.2 Å². The van der Waals surface area contributed by atoms with Gasteiger partial charge in [-0.05, 0) is 25.0 Å². The van der Waals surface area contributed by atoms with Crippen LogP contribution in [0, 0.1) is 5.92 Å². The van der Waals surface area contributed by atoms with Crippen LogP contribution in [0.15, 0.2) is 24.3 Å². The zero-order valence-electron chi connectivity index (χ0n) is 11.9. The molecule has 0 saturated carbocycles. The summed E-state index contributed by atoms with van der Waals surface area (Å²) in [6.07, 6.45) is 1.67. The van der Waals surface area contributed by atoms with Gasteiger partial charge in [0.15, 0.2) is 0 Å². The van der Waals surface area contributed by atoms with Crippen LogP contribution >= 0.6 is 0 Å². The Balaban J connectivity index is 2.14. The minimum absolute atomic E-state index is 0.00234. The molecule has 1 N–H and O–H groups in total. The highest BCUT2D eigenvalue weighted by Gasteiger charge is 2.29. The monoisotopic (exact) mass is 276 g/mol. The predicted octanol–water partition coefficient (Wildman–Crippen LogP) is 1.29. The molecule has 0 aliphatic carbocycles. The van der Waals surface area contributed by atoms with E-state index in [2.05, 4.69) is 5.32 Å². The number of methoxy groups -OCH3 is 1. The number of nitrogens with one attached hydrogen (secondary N) is 1. The summed E-state index contributed by atoms with van der Waals surface area (Å²) in [7, 11) is 3.18. The molecule has 1 saturated heterocycles. The third kappa shape index (κ3) is 2.92. The second kappa shape index (κ2) is 6.41. The first-order valence-corrected chi connectivity index (χ1v) is 6.81. The summed E-state index contributed by atoms with van der Waals surface area (Å²) >= 11 is 0. The number of para-hydroxylation sites is 1. The van der Waals surface area contributed by atoms with Crippen LogP contribution in [0.2, 0.25) is 0 Å². The first kappa shape index (κ1) is 14.4. The molecule has 1 aliphatic rings. The Bertz CT molecular complexity index is 502. The van der Waals surface area contributed by atoms with Crippen LogP contribution in [0.1, 0.15) is 23.2 Å². The van der Waals surface area contributed by atoms with Gasteiger partial charge in [-0.1, -0.05) is 12.1 Å². The molecule has 5 heteroatoms. The molecule has 0 bridgehead atoms. The number of hydrogen-bond donors (Lipinski definition) is 1. The molecule has 2 amide bonds. The molecule has 1 atom stereocenters. The van der Waals surface area contributed by atoms with E-state index in [1.807, 2.05) is 12.1 Å². The average Bonchev–Trinajstić information content (AvgIpc) is 2.53. The summed E-state index contributed by atoms with van der Waals surface area (Å²) in [6.45, 7) is 1.15. The Morgan fingerprint density at radius 1 is 1.35 bits per heavy atom. The Kier molecular flexibility index (Phi) is 4.61. The number of carbonyl (C=O) groups excluding carboxylic acids is 2. The van der Waals surface area contributed by atoms with Crippen LogP contribution in [-0.2, 0) is 4.79 Å². The fourth-order valence-corrected chi connectivity index (χ4v) is 2.57. The number of nitrogens with zero attached hydrogens (tertiary/aromatic N) is 1. The molecular formula is C15H20N2O3. The molecule has 1 unspecified atom stereocenters. The highest BCUT2D eigenvalue weighted by atomic mass is 16.5. The fourth-order valence-electron chi connectivity index (χ4n) is 2.57. The second-order valence-electron chi connectivity index (χ2n) is 4.90. The molecule has 1 aromatic carbocycles. The summed E-state index contributed by atoms with van der Waals surface area (Å²) in [4.78, 5) is 26.0. The number of piperidine rings is 1. The molecule has 108 valence electrons. The lowest BCUT2D eigenvalue weighted by molar-refractivity contribution is -0.125. The molecule has 2 rings (SSSR count). The Morgan fingerprint density at radius 3 is 2.80 bits per heavy atom. The van der Waals surface area contributed by atoms with E-state index in [1.165, 1.54) is 0 Å². The fraction of sp³-hybridized carbons (Fsp3) is 0.467. The highest BCUT2D eigenvalue weighted by Crippen LogP contribution is 2.23. The number of benzene rings is 1. The molecular weight excluding hydrogens is 256 g/mol. The van der Waals surface area contributed by atoms with Gasteiger partial charge in [-0.15, -0.1) is 0 Å². The van der Waals surface area contributed by atoms with E-state index in [9.17, 15) is 9.59 Å². The minimum atomic E-state index is -0.118. The Morgan fingerprint density at radius 2 is 2.10 bits per heavy atom. The maximum absolute atomic E-state index is 12.6. The van der Waals surface area contributed by atoms with Crippen molar-refractivity contribution in [3.63, 3.8) is 0 Å². The molecule has 1 heterocycles. The smallest absolute Gasteiger partial charge is 0.257 e. The quantitative estimate of drug-likeness (QED) is 0.905. The molecule has 0 spiro atoms. The number of carbonyl (C=O) groups is 2. The van der Waals surface area contributed by atoms with Crippen LogP contribution in [0.5, 0.6) is 5.75 Å². The van der Waals surface area contributed by atoms with Crippen molar-refractivity contribution < 1.29 is 14.3 Å². The third-order valence-electron chi connectivity index (χ3n) is 3.66. The lowest BCUT2D eigenvalue weighted by Crippen LogP contribution is -2.44. The van der Waals surface area contributed by atoms with E-state index in [-0.39, 0.29) is 17.7 Å². The number of amides is 2. The number of likely N-dealkylation sites (tertiary alicyclic amines) is 1. The van der Waals surface area contributed by atoms with Crippen LogP contribution < -0.4 is 10.1 Å². The molecule has 1 aromatic rings. The van der Waals surface area contributed by atoms with Gasteiger partial charge in [0.25, 0.3) is 5.91 Å². The van der Waals surface area contributed by atoms with Crippen LogP contribution in [0.3, 0.4) is 0 Å². The summed E-state index contributed by atoms with van der Waals surface area (Å²) in [5.74, 6) is 0.380. The SMILES string of the molecule is CNC(=O)C1CCCN(C(=O)c2ccccc2OC)C1. The molecule has 1 aliphatic heterocycles. The second-order valence-corrected chi connectivity index (χ2v) is 4.90. The summed E-state index contributed by atoms with van der Waals surface area (Å²) in [5.41, 5.74) is 0.549. The lowest BCUT2D eigenvalue weighted by atomic mass is 9.96. The van der Waals surface area contributed by atoms with Crippen molar-refractivity contribution in [1.29, 1.82) is 0 Å². The average molecular weight is 276 g/mol. The first-order valence-electron chi connectivity index (χ1n) is 6.81. The molecule has 0 radical (unpaired) electrons. The molecule has 0 aromatic heterocycles. The van der Waals surface area contributed by atoms with E-state index in [1.54, 1.807) is 31.2 Å². The van der Waals surface area contributed by atoms with Crippen molar-refractivity contribution in [3.05, 3.63) is 29.8 Å². The zero-order chi connectivity index (χ0) is 14.5. The summed E-state index contributed by atoms with van der Waals surface area (Å²) in [5, 5.41) is 2.65. The first-order chi connectivity index (χ1) is 9.67. The highest BCUT2D eigenvalue weighted by molar-refractivity contribution is 5.97. The largest absolute Gasteiger partial charge is 0.496 e. The van der Waals surface area contributed by atoms with Crippen LogP contribution in [0.25, 0.3) is 0 Å². The summed E-state index contributed by atoms with van der Waals surface area (Å²) < 4.78 is 5.23. The number of ether oxygens (including phenoxy) is 1. The minimum Gasteiger partial charge on any atom is -0.496 e. The van der Waals surface area contributed by atoms with Gasteiger partial charge < -0.3 is 15.0 Å². The van der Waals surface area contributed by atoms with Gasteiger partial charge in [-0.3, -0.25) is 9.59 Å². The maximum atomic E-state index is 12.6. The normalized spacial score (nSPS) is 18.5. The van der Waals surface area contributed by atoms with Crippen LogP contribution in [-0.4, -0.2) is 44.0 Å². The topological polar surface area (TPSA) is 58.6 Å². The molecule has 20 heavy (non-hydrogen) atoms. The molecule has 1 fully saturated rings. The lowest BCUT2D eigenvalue weighted by Gasteiger charge is -2.32. The van der Waals surface area contributed by atoms with Gasteiger partial charge in [-0.25, -0.2) is 0 Å². The number of rotatable bonds is 3. The van der Waals surface area contributed by atoms with Crippen molar-refractivity contribution in [2.24, 2.45) is 5.92 Å². The van der Waals surface area contributed by atoms with Gasteiger partial charge in [-0.2, -0.15) is 0 Å². The predicted molar refractivity (Wildman–Crippen MR) is 75.7 cm³/mol. The van der Waals surface area contributed by atoms with E-state index in [4.69, 9.17) is 4.74 Å². The molecule has 5 nitrogen and oxygen atoms in total.